The molecule has 3 N–H and O–H groups in total. The molecule has 3 aliphatic carbocycles. The quantitative estimate of drug-likeness (QED) is 0.193. The Labute approximate surface area is 359 Å². The summed E-state index contributed by atoms with van der Waals surface area (Å²) in [4.78, 5) is 63.5. The van der Waals surface area contributed by atoms with Gasteiger partial charge >= 0.3 is 6.09 Å². The van der Waals surface area contributed by atoms with Crippen molar-refractivity contribution in [3.8, 4) is 28.5 Å². The molecule has 5 aliphatic rings. The molecule has 324 valence electrons. The maximum Gasteiger partial charge on any atom is 0.408 e. The first-order chi connectivity index (χ1) is 30.0. The maximum atomic E-state index is 15.0. The number of aromatic nitrogens is 1. The molecule has 5 atom stereocenters. The first-order valence-electron chi connectivity index (χ1n) is 21.2. The van der Waals surface area contributed by atoms with Crippen molar-refractivity contribution in [2.75, 3.05) is 20.3 Å². The average molecular weight is 864 g/mol. The van der Waals surface area contributed by atoms with Gasteiger partial charge in [-0.15, -0.1) is 0 Å². The van der Waals surface area contributed by atoms with Crippen LogP contribution in [0.5, 0.6) is 17.2 Å². The fourth-order valence-electron chi connectivity index (χ4n) is 8.78. The summed E-state index contributed by atoms with van der Waals surface area (Å²) in [6.45, 7) is 0.0628. The third-order valence-electron chi connectivity index (χ3n) is 12.4. The van der Waals surface area contributed by atoms with Crippen LogP contribution < -0.4 is 29.6 Å². The van der Waals surface area contributed by atoms with Crippen LogP contribution in [0.4, 0.5) is 4.79 Å². The molecule has 4 fully saturated rings. The van der Waals surface area contributed by atoms with Gasteiger partial charge in [-0.05, 0) is 74.8 Å². The third-order valence-corrected chi connectivity index (χ3v) is 14.2. The molecule has 3 heterocycles. The number of ether oxygens (including phenoxy) is 4. The highest BCUT2D eigenvalue weighted by molar-refractivity contribution is 7.91. The van der Waals surface area contributed by atoms with Gasteiger partial charge in [-0.25, -0.2) is 18.2 Å². The number of carbonyl (C=O) groups is 4. The molecule has 16 heteroatoms. The van der Waals surface area contributed by atoms with Crippen molar-refractivity contribution in [3.63, 3.8) is 0 Å². The van der Waals surface area contributed by atoms with Crippen LogP contribution in [-0.4, -0.2) is 97.5 Å². The minimum absolute atomic E-state index is 0.0133. The molecule has 0 radical (unpaired) electrons. The Kier molecular flexibility index (Phi) is 11.3. The van der Waals surface area contributed by atoms with Crippen LogP contribution in [-0.2, 0) is 35.6 Å². The molecule has 2 bridgehead atoms. The number of nitrogens with one attached hydrogen (secondary N) is 3. The molecule has 9 rings (SSSR count). The summed E-state index contributed by atoms with van der Waals surface area (Å²) < 4.78 is 52.3. The van der Waals surface area contributed by atoms with Gasteiger partial charge in [-0.3, -0.25) is 19.1 Å². The molecule has 3 aromatic carbocycles. The van der Waals surface area contributed by atoms with Gasteiger partial charge < -0.3 is 34.5 Å². The van der Waals surface area contributed by atoms with Crippen molar-refractivity contribution < 1.29 is 46.5 Å². The van der Waals surface area contributed by atoms with Gasteiger partial charge in [0, 0.05) is 41.8 Å². The molecule has 1 saturated heterocycles. The van der Waals surface area contributed by atoms with E-state index >= 15 is 4.79 Å². The van der Waals surface area contributed by atoms with Crippen LogP contribution in [0.3, 0.4) is 0 Å². The Bertz CT molecular complexity index is 2530. The zero-order valence-corrected chi connectivity index (χ0v) is 35.1. The lowest BCUT2D eigenvalue weighted by Crippen LogP contribution is -2.58. The van der Waals surface area contributed by atoms with Gasteiger partial charge in [-0.1, -0.05) is 54.6 Å². The van der Waals surface area contributed by atoms with E-state index in [2.05, 4.69) is 15.4 Å². The Hall–Kier alpha value is -6.16. The molecule has 4 amide bonds. The smallest absolute Gasteiger partial charge is 0.408 e. The molecule has 3 saturated carbocycles. The van der Waals surface area contributed by atoms with E-state index in [4.69, 9.17) is 23.9 Å². The number of methoxy groups -OCH3 is 1. The molecule has 2 aliphatic heterocycles. The topological polar surface area (TPSA) is 192 Å². The van der Waals surface area contributed by atoms with E-state index in [9.17, 15) is 22.8 Å². The van der Waals surface area contributed by atoms with Crippen molar-refractivity contribution in [1.29, 1.82) is 0 Å². The van der Waals surface area contributed by atoms with Crippen molar-refractivity contribution >= 4 is 44.7 Å². The summed E-state index contributed by atoms with van der Waals surface area (Å²) in [5.41, 5.74) is 1.19. The van der Waals surface area contributed by atoms with Crippen LogP contribution in [0.2, 0.25) is 0 Å². The number of pyridine rings is 1. The second kappa shape index (κ2) is 17.0. The standard InChI is InChI=1S/C46H49N5O10S/c1-58-32-16-19-36-38(23-32)47-37(29-10-3-2-4-11-29)25-41(36)60-34-24-40-42(52)49-46(44(54)50-62(56,57)35-17-18-35)26-30(46)12-8-20-59-33-15-7-9-28(21-33)22-39(43(53)51(40)27-34)48-45(55)61-31-13-5-6-14-31/h2-4,7-12,15-16,19,21,23,25,30-31,34-35,39-40H,5-6,13-14,17-18,20,22,24,26-27H2,1H3,(H,48,55)(H,49,52)(H,50,54)/b12-8-/t30?,34-,39-,40+,46+/m1/s1. The number of fused-ring (bicyclic) bond motifs is 5. The number of sulfonamides is 1. The highest BCUT2D eigenvalue weighted by atomic mass is 32.2. The number of amides is 4. The summed E-state index contributed by atoms with van der Waals surface area (Å²) in [5.74, 6) is -1.03. The number of hydrogen-bond donors (Lipinski definition) is 3. The minimum atomic E-state index is -3.96. The van der Waals surface area contributed by atoms with E-state index in [1.807, 2.05) is 54.6 Å². The summed E-state index contributed by atoms with van der Waals surface area (Å²) >= 11 is 0. The van der Waals surface area contributed by atoms with Gasteiger partial charge in [0.25, 0.3) is 5.91 Å². The molecular weight excluding hydrogens is 815 g/mol. The number of carbonyl (C=O) groups excluding carboxylic acids is 4. The number of hydrogen-bond acceptors (Lipinski definition) is 11. The fraction of sp³-hybridized carbons (Fsp3) is 0.413. The van der Waals surface area contributed by atoms with Gasteiger partial charge in [0.1, 0.15) is 53.7 Å². The first kappa shape index (κ1) is 41.2. The van der Waals surface area contributed by atoms with Gasteiger partial charge in [-0.2, -0.15) is 0 Å². The predicted octanol–water partition coefficient (Wildman–Crippen LogP) is 4.97. The molecular formula is C46H49N5O10S. The summed E-state index contributed by atoms with van der Waals surface area (Å²) in [6.07, 6.45) is 6.14. The Morgan fingerprint density at radius 2 is 1.76 bits per heavy atom. The molecule has 0 spiro atoms. The zero-order valence-electron chi connectivity index (χ0n) is 34.3. The highest BCUT2D eigenvalue weighted by Crippen LogP contribution is 2.46. The zero-order chi connectivity index (χ0) is 43.0. The largest absolute Gasteiger partial charge is 0.497 e. The van der Waals surface area contributed by atoms with Crippen LogP contribution in [0.1, 0.15) is 56.9 Å². The normalized spacial score (nSPS) is 25.7. The van der Waals surface area contributed by atoms with Crippen molar-refractivity contribution in [3.05, 3.63) is 96.6 Å². The SMILES string of the molecule is COc1ccc2c(O[C@@H]3C[C@H]4C(=O)N[C@@]5(C(=O)NS(=O)(=O)C6CC6)CC5/C=C\COc5cccc(c5)C[C@@H](NC(=O)OC5CCCC5)C(=O)N4C3)cc(-c3ccccc3)nc2c1. The van der Waals surface area contributed by atoms with Crippen LogP contribution in [0.25, 0.3) is 22.2 Å². The summed E-state index contributed by atoms with van der Waals surface area (Å²) in [5, 5.41) is 5.73. The van der Waals surface area contributed by atoms with E-state index in [0.29, 0.717) is 52.3 Å². The second-order valence-corrected chi connectivity index (χ2v) is 18.7. The lowest BCUT2D eigenvalue weighted by atomic mass is 10.0. The van der Waals surface area contributed by atoms with E-state index in [1.165, 1.54) is 4.90 Å². The van der Waals surface area contributed by atoms with Crippen LogP contribution in [0, 0.1) is 5.92 Å². The summed E-state index contributed by atoms with van der Waals surface area (Å²) in [7, 11) is -2.38. The average Bonchev–Trinajstić information content (AvgIpc) is 4.14. The Morgan fingerprint density at radius 1 is 0.952 bits per heavy atom. The highest BCUT2D eigenvalue weighted by Gasteiger charge is 2.62. The first-order valence-corrected chi connectivity index (χ1v) is 22.8. The van der Waals surface area contributed by atoms with E-state index in [1.54, 1.807) is 43.5 Å². The monoisotopic (exact) mass is 863 g/mol. The third kappa shape index (κ3) is 8.78. The molecule has 15 nitrogen and oxygen atoms in total. The molecule has 1 aromatic heterocycles. The van der Waals surface area contributed by atoms with Crippen LogP contribution >= 0.6 is 0 Å². The van der Waals surface area contributed by atoms with Crippen LogP contribution in [0.15, 0.2) is 91.0 Å². The van der Waals surface area contributed by atoms with Crippen molar-refractivity contribution in [1.82, 2.24) is 25.2 Å². The lowest BCUT2D eigenvalue weighted by molar-refractivity contribution is -0.141. The number of benzene rings is 3. The number of alkyl carbamates (subject to hydrolysis) is 1. The molecule has 4 aromatic rings. The molecule has 62 heavy (non-hydrogen) atoms. The minimum Gasteiger partial charge on any atom is -0.497 e. The summed E-state index contributed by atoms with van der Waals surface area (Å²) in [6, 6.07) is 21.7. The fourth-order valence-corrected chi connectivity index (χ4v) is 10.1. The van der Waals surface area contributed by atoms with Crippen molar-refractivity contribution in [2.45, 2.75) is 92.9 Å². The van der Waals surface area contributed by atoms with Crippen molar-refractivity contribution in [2.24, 2.45) is 5.92 Å². The Balaban J connectivity index is 1.08. The number of rotatable bonds is 9. The lowest BCUT2D eigenvalue weighted by Gasteiger charge is -2.30. The predicted molar refractivity (Wildman–Crippen MR) is 228 cm³/mol. The van der Waals surface area contributed by atoms with E-state index < -0.39 is 68.7 Å². The molecule has 1 unspecified atom stereocenters. The Morgan fingerprint density at radius 3 is 2.53 bits per heavy atom. The second-order valence-electron chi connectivity index (χ2n) is 16.8. The van der Waals surface area contributed by atoms with Gasteiger partial charge in [0.2, 0.25) is 21.8 Å². The van der Waals surface area contributed by atoms with E-state index in [-0.39, 0.29) is 38.5 Å². The maximum absolute atomic E-state index is 15.0. The van der Waals surface area contributed by atoms with E-state index in [0.717, 1.165) is 31.2 Å². The van der Waals surface area contributed by atoms with Gasteiger partial charge in [0.05, 0.1) is 30.1 Å². The van der Waals surface area contributed by atoms with Gasteiger partial charge in [0.15, 0.2) is 0 Å². The number of nitrogens with zero attached hydrogens (tertiary/aromatic N) is 2.